The average molecular weight is 712 g/mol. The van der Waals surface area contributed by atoms with Crippen molar-refractivity contribution in [1.29, 1.82) is 0 Å². The zero-order valence-corrected chi connectivity index (χ0v) is 29.2. The van der Waals surface area contributed by atoms with E-state index >= 15 is 0 Å². The van der Waals surface area contributed by atoms with Gasteiger partial charge in [-0.1, -0.05) is 50.3 Å². The molecule has 50 heavy (non-hydrogen) atoms. The van der Waals surface area contributed by atoms with Crippen LogP contribution in [0.4, 0.5) is 9.59 Å². The monoisotopic (exact) mass is 711 g/mol. The van der Waals surface area contributed by atoms with Gasteiger partial charge in [-0.15, -0.1) is 6.58 Å². The number of amides is 5. The molecule has 3 fully saturated rings. The molecule has 1 saturated heterocycles. The molecule has 0 radical (unpaired) electrons. The van der Waals surface area contributed by atoms with E-state index in [1.54, 1.807) is 18.7 Å². The van der Waals surface area contributed by atoms with E-state index in [-0.39, 0.29) is 26.0 Å². The third kappa shape index (κ3) is 7.37. The van der Waals surface area contributed by atoms with Crippen molar-refractivity contribution in [2.24, 2.45) is 11.8 Å². The molecule has 1 aromatic carbocycles. The summed E-state index contributed by atoms with van der Waals surface area (Å²) in [5.74, 6) is -3.10. The van der Waals surface area contributed by atoms with Crippen LogP contribution in [-0.4, -0.2) is 96.8 Å². The molecule has 5 amide bonds. The Morgan fingerprint density at radius 1 is 1.18 bits per heavy atom. The van der Waals surface area contributed by atoms with Gasteiger partial charge >= 0.3 is 12.2 Å². The maximum atomic E-state index is 14.1. The molecule has 0 spiro atoms. The van der Waals surface area contributed by atoms with Crippen molar-refractivity contribution in [3.8, 4) is 0 Å². The van der Waals surface area contributed by atoms with E-state index in [2.05, 4.69) is 21.9 Å². The molecular formula is C35H45N5O9S. The molecule has 4 bridgehead atoms. The molecule has 1 aromatic rings. The highest BCUT2D eigenvalue weighted by Crippen LogP contribution is 2.45. The van der Waals surface area contributed by atoms with Crippen molar-refractivity contribution in [2.45, 2.75) is 94.3 Å². The molecule has 3 N–H and O–H groups in total. The lowest BCUT2D eigenvalue weighted by molar-refractivity contribution is -0.141. The summed E-state index contributed by atoms with van der Waals surface area (Å²) >= 11 is 0. The summed E-state index contributed by atoms with van der Waals surface area (Å²) in [5, 5.41) is 4.73. The van der Waals surface area contributed by atoms with Crippen LogP contribution in [-0.2, 0) is 46.8 Å². The Bertz CT molecular complexity index is 1710. The van der Waals surface area contributed by atoms with Gasteiger partial charge in [0.25, 0.3) is 5.91 Å². The second-order valence-electron chi connectivity index (χ2n) is 14.1. The zero-order valence-electron chi connectivity index (χ0n) is 28.4. The number of allylic oxidation sites excluding steroid dienone is 1. The van der Waals surface area contributed by atoms with Crippen LogP contribution in [0.1, 0.15) is 69.1 Å². The first-order valence-electron chi connectivity index (χ1n) is 17.3. The molecular weight excluding hydrogens is 666 g/mol. The summed E-state index contributed by atoms with van der Waals surface area (Å²) in [5.41, 5.74) is 1.56. The average Bonchev–Trinajstić information content (AvgIpc) is 4.01. The van der Waals surface area contributed by atoms with E-state index in [9.17, 15) is 32.4 Å². The number of rotatable bonds is 7. The summed E-state index contributed by atoms with van der Waals surface area (Å²) < 4.78 is 38.7. The van der Waals surface area contributed by atoms with Crippen LogP contribution in [0.2, 0.25) is 0 Å². The topological polar surface area (TPSA) is 181 Å². The minimum atomic E-state index is -3.90. The number of fused-ring (bicyclic) bond motifs is 3. The third-order valence-electron chi connectivity index (χ3n) is 10.2. The van der Waals surface area contributed by atoms with Gasteiger partial charge in [0, 0.05) is 25.4 Å². The fraction of sp³-hybridized carbons (Fsp3) is 0.571. The number of nitrogens with zero attached hydrogens (tertiary/aromatic N) is 2. The second kappa shape index (κ2) is 14.1. The minimum Gasteiger partial charge on any atom is -0.450 e. The van der Waals surface area contributed by atoms with Crippen LogP contribution in [0.3, 0.4) is 0 Å². The Labute approximate surface area is 292 Å². The molecule has 3 aliphatic heterocycles. The quantitative estimate of drug-likeness (QED) is 0.358. The van der Waals surface area contributed by atoms with E-state index < -0.39 is 80.7 Å². The summed E-state index contributed by atoms with van der Waals surface area (Å²) in [6.07, 6.45) is 6.02. The van der Waals surface area contributed by atoms with E-state index in [0.29, 0.717) is 45.2 Å². The van der Waals surface area contributed by atoms with Crippen molar-refractivity contribution in [3.63, 3.8) is 0 Å². The van der Waals surface area contributed by atoms with Gasteiger partial charge in [-0.2, -0.15) is 0 Å². The number of carbonyl (C=O) groups is 5. The summed E-state index contributed by atoms with van der Waals surface area (Å²) in [6.45, 7) is 7.97. The molecule has 0 aromatic heterocycles. The first kappa shape index (κ1) is 35.4. The lowest BCUT2D eigenvalue weighted by Gasteiger charge is -2.31. The van der Waals surface area contributed by atoms with Crippen molar-refractivity contribution in [2.75, 3.05) is 19.7 Å². The molecule has 15 heteroatoms. The number of carbonyl (C=O) groups excluding carboxylic acids is 5. The van der Waals surface area contributed by atoms with Gasteiger partial charge in [-0.3, -0.25) is 19.1 Å². The Kier molecular flexibility index (Phi) is 9.98. The number of benzene rings is 1. The third-order valence-corrected chi connectivity index (χ3v) is 12.0. The van der Waals surface area contributed by atoms with Crippen LogP contribution in [0.5, 0.6) is 0 Å². The zero-order chi connectivity index (χ0) is 35.8. The fourth-order valence-corrected chi connectivity index (χ4v) is 8.33. The highest BCUT2D eigenvalue weighted by Gasteiger charge is 2.62. The second-order valence-corrected chi connectivity index (χ2v) is 16.1. The molecule has 6 rings (SSSR count). The summed E-state index contributed by atoms with van der Waals surface area (Å²) in [6, 6.07) is 3.73. The molecule has 2 saturated carbocycles. The van der Waals surface area contributed by atoms with Crippen molar-refractivity contribution in [1.82, 2.24) is 25.2 Å². The molecule has 3 heterocycles. The Balaban J connectivity index is 1.26. The predicted molar refractivity (Wildman–Crippen MR) is 182 cm³/mol. The van der Waals surface area contributed by atoms with Crippen LogP contribution in [0, 0.1) is 11.8 Å². The van der Waals surface area contributed by atoms with Crippen LogP contribution >= 0.6 is 0 Å². The van der Waals surface area contributed by atoms with Gasteiger partial charge in [0.2, 0.25) is 21.8 Å². The number of ether oxygens (including phenoxy) is 2. The van der Waals surface area contributed by atoms with Crippen LogP contribution < -0.4 is 15.4 Å². The first-order chi connectivity index (χ1) is 23.8. The highest BCUT2D eigenvalue weighted by molar-refractivity contribution is 7.91. The van der Waals surface area contributed by atoms with E-state index in [4.69, 9.17) is 9.47 Å². The van der Waals surface area contributed by atoms with E-state index in [0.717, 1.165) is 16.7 Å². The lowest BCUT2D eigenvalue weighted by Crippen LogP contribution is -2.59. The molecule has 0 unspecified atom stereocenters. The number of alkyl carbamates (subject to hydrolysis) is 1. The molecule has 5 aliphatic rings. The number of hydrogen-bond acceptors (Lipinski definition) is 9. The maximum absolute atomic E-state index is 14.1. The largest absolute Gasteiger partial charge is 0.450 e. The Morgan fingerprint density at radius 3 is 2.66 bits per heavy atom. The van der Waals surface area contributed by atoms with Crippen molar-refractivity contribution in [3.05, 3.63) is 53.6 Å². The molecule has 2 aliphatic carbocycles. The van der Waals surface area contributed by atoms with Gasteiger partial charge in [0.05, 0.1) is 18.4 Å². The predicted octanol–water partition coefficient (Wildman–Crippen LogP) is 2.38. The standard InChI is InChI=1S/C35H45N5O9S/c1-4-24-18-35(24,32(43)38-50(46,47)26-12-13-26)37-30(41)28-17-25-19-40(28)31(42)29(21(2)3)36-33(44)48-16-7-5-6-9-22-10-8-11-23-14-15-39(20-27(22)23)34(45)49-25/h4,6,8-11,21,24-26,28-29H,1,5,7,12-20H2,2-3H3,(H,36,44)(H,37,41)(H,38,43)/t24-,25-,28+,29+,35-/m1/s1. The van der Waals surface area contributed by atoms with Gasteiger partial charge in [-0.05, 0) is 61.1 Å². The first-order valence-corrected chi connectivity index (χ1v) is 18.8. The molecule has 14 nitrogen and oxygen atoms in total. The van der Waals surface area contributed by atoms with E-state index in [1.165, 1.54) is 11.0 Å². The van der Waals surface area contributed by atoms with Gasteiger partial charge in [0.1, 0.15) is 23.7 Å². The Morgan fingerprint density at radius 2 is 1.96 bits per heavy atom. The Hall–Kier alpha value is -4.40. The van der Waals surface area contributed by atoms with Crippen LogP contribution in [0.15, 0.2) is 36.9 Å². The van der Waals surface area contributed by atoms with E-state index in [1.807, 2.05) is 30.4 Å². The molecule has 270 valence electrons. The number of hydrogen-bond donors (Lipinski definition) is 3. The van der Waals surface area contributed by atoms with Crippen molar-refractivity contribution >= 4 is 46.0 Å². The number of nitrogens with one attached hydrogen (secondary N) is 3. The fourth-order valence-electron chi connectivity index (χ4n) is 6.97. The summed E-state index contributed by atoms with van der Waals surface area (Å²) in [4.78, 5) is 70.8. The summed E-state index contributed by atoms with van der Waals surface area (Å²) in [7, 11) is -3.90. The van der Waals surface area contributed by atoms with Gasteiger partial charge in [0.15, 0.2) is 0 Å². The van der Waals surface area contributed by atoms with Gasteiger partial charge < -0.3 is 29.9 Å². The normalized spacial score (nSPS) is 28.7. The smallest absolute Gasteiger partial charge is 0.410 e. The number of sulfonamides is 1. The lowest BCUT2D eigenvalue weighted by atomic mass is 9.94. The minimum absolute atomic E-state index is 0.0756. The highest BCUT2D eigenvalue weighted by atomic mass is 32.2. The van der Waals surface area contributed by atoms with Crippen LogP contribution in [0.25, 0.3) is 6.08 Å². The number of cyclic esters (lactones) is 1. The van der Waals surface area contributed by atoms with Crippen molar-refractivity contribution < 1.29 is 41.9 Å². The maximum Gasteiger partial charge on any atom is 0.410 e. The SMILES string of the molecule is C=C[C@@H]1C[C@]1(NC(=O)[C@@H]1C[C@@H]2CN1C(=O)[C@H](C(C)C)NC(=O)OCCCC=Cc1cccc3c1CN(CC3)C(=O)O2)C(=O)NS(=O)(=O)C1CC1. The molecule has 5 atom stereocenters. The van der Waals surface area contributed by atoms with Gasteiger partial charge in [-0.25, -0.2) is 18.0 Å².